The summed E-state index contributed by atoms with van der Waals surface area (Å²) in [4.78, 5) is 28.0. The molecular formula is C27H41N5O4. The first kappa shape index (κ1) is 26.3. The number of rotatable bonds is 6. The third-order valence-electron chi connectivity index (χ3n) is 6.97. The van der Waals surface area contributed by atoms with Gasteiger partial charge in [-0.05, 0) is 65.7 Å². The highest BCUT2D eigenvalue weighted by atomic mass is 16.5. The lowest BCUT2D eigenvalue weighted by molar-refractivity contribution is -0.161. The second-order valence-corrected chi connectivity index (χ2v) is 10.8. The van der Waals surface area contributed by atoms with E-state index in [0.29, 0.717) is 45.1 Å². The molecule has 9 nitrogen and oxygen atoms in total. The largest absolute Gasteiger partial charge is 0.490 e. The fraction of sp³-hybridized carbons (Fsp3) is 0.667. The summed E-state index contributed by atoms with van der Waals surface area (Å²) in [5, 5.41) is 11.6. The van der Waals surface area contributed by atoms with E-state index >= 15 is 0 Å². The monoisotopic (exact) mass is 499 g/mol. The van der Waals surface area contributed by atoms with Crippen LogP contribution in [0.3, 0.4) is 0 Å². The van der Waals surface area contributed by atoms with Gasteiger partial charge in [0, 0.05) is 49.1 Å². The van der Waals surface area contributed by atoms with E-state index < -0.39 is 0 Å². The summed E-state index contributed by atoms with van der Waals surface area (Å²) in [5.74, 6) is 1.53. The molecule has 1 aromatic rings. The first-order valence-electron chi connectivity index (χ1n) is 13.4. The second kappa shape index (κ2) is 11.1. The van der Waals surface area contributed by atoms with Crippen molar-refractivity contribution in [2.24, 2.45) is 16.9 Å². The third-order valence-corrected chi connectivity index (χ3v) is 6.97. The molecule has 0 aromatic heterocycles. The molecule has 2 heterocycles. The molecule has 1 saturated heterocycles. The van der Waals surface area contributed by atoms with Gasteiger partial charge in [-0.2, -0.15) is 15.2 Å². The number of urea groups is 1. The van der Waals surface area contributed by atoms with Gasteiger partial charge in [0.1, 0.15) is 0 Å². The highest BCUT2D eigenvalue weighted by Gasteiger charge is 2.43. The maximum atomic E-state index is 13.6. The normalized spacial score (nSPS) is 23.1. The van der Waals surface area contributed by atoms with Gasteiger partial charge in [-0.3, -0.25) is 4.79 Å². The van der Waals surface area contributed by atoms with Crippen LogP contribution in [0.25, 0.3) is 0 Å². The van der Waals surface area contributed by atoms with Crippen LogP contribution >= 0.6 is 0 Å². The van der Waals surface area contributed by atoms with Gasteiger partial charge in [0.15, 0.2) is 11.5 Å². The molecule has 1 aliphatic carbocycles. The second-order valence-electron chi connectivity index (χ2n) is 10.8. The number of hydrogen-bond acceptors (Lipinski definition) is 6. The Bertz CT molecular complexity index is 981. The van der Waals surface area contributed by atoms with Gasteiger partial charge in [0.25, 0.3) is 5.91 Å². The summed E-state index contributed by atoms with van der Waals surface area (Å²) < 4.78 is 11.6. The average molecular weight is 500 g/mol. The Hall–Kier alpha value is -2.81. The molecule has 1 N–H and O–H groups in total. The molecule has 0 spiro atoms. The molecule has 2 aliphatic heterocycles. The zero-order valence-electron chi connectivity index (χ0n) is 22.4. The Morgan fingerprint density at radius 3 is 2.28 bits per heavy atom. The van der Waals surface area contributed by atoms with Crippen molar-refractivity contribution in [3.63, 3.8) is 0 Å². The Kier molecular flexibility index (Phi) is 8.07. The van der Waals surface area contributed by atoms with Crippen LogP contribution in [0.15, 0.2) is 23.3 Å². The molecule has 36 heavy (non-hydrogen) atoms. The standard InChI is InChI=1S/C27H41N5O4/c1-6-35-22-13-12-19(18-23(22)36-7-2)24-20-10-8-9-11-21(20)25(33)32(29-24)31-16-14-30(15-17-31)26(34)28-27(3,4)5/h12-13,18,20-21H,6-11,14-17H2,1-5H3,(H,28,34). The van der Waals surface area contributed by atoms with E-state index in [9.17, 15) is 9.59 Å². The highest BCUT2D eigenvalue weighted by Crippen LogP contribution is 2.39. The summed E-state index contributed by atoms with van der Waals surface area (Å²) in [7, 11) is 0. The molecular weight excluding hydrogens is 458 g/mol. The predicted molar refractivity (Wildman–Crippen MR) is 139 cm³/mol. The highest BCUT2D eigenvalue weighted by molar-refractivity contribution is 6.07. The topological polar surface area (TPSA) is 86.7 Å². The Morgan fingerprint density at radius 2 is 1.64 bits per heavy atom. The predicted octanol–water partition coefficient (Wildman–Crippen LogP) is 3.88. The van der Waals surface area contributed by atoms with Crippen LogP contribution in [0.5, 0.6) is 11.5 Å². The van der Waals surface area contributed by atoms with Crippen molar-refractivity contribution in [3.8, 4) is 11.5 Å². The summed E-state index contributed by atoms with van der Waals surface area (Å²) in [6.07, 6.45) is 4.00. The molecule has 0 radical (unpaired) electrons. The molecule has 9 heteroatoms. The molecule has 2 fully saturated rings. The number of fused-ring (bicyclic) bond motifs is 1. The molecule has 3 amide bonds. The van der Waals surface area contributed by atoms with Crippen molar-refractivity contribution in [2.45, 2.75) is 65.8 Å². The minimum absolute atomic E-state index is 0.0681. The van der Waals surface area contributed by atoms with E-state index in [4.69, 9.17) is 14.6 Å². The molecule has 2 atom stereocenters. The van der Waals surface area contributed by atoms with E-state index in [1.807, 2.05) is 62.7 Å². The first-order chi connectivity index (χ1) is 17.2. The van der Waals surface area contributed by atoms with Crippen molar-refractivity contribution < 1.29 is 19.1 Å². The van der Waals surface area contributed by atoms with Gasteiger partial charge in [-0.1, -0.05) is 12.8 Å². The van der Waals surface area contributed by atoms with Crippen molar-refractivity contribution in [1.29, 1.82) is 0 Å². The smallest absolute Gasteiger partial charge is 0.317 e. The van der Waals surface area contributed by atoms with E-state index in [1.165, 1.54) is 0 Å². The van der Waals surface area contributed by atoms with Crippen LogP contribution < -0.4 is 14.8 Å². The number of ether oxygens (including phenoxy) is 2. The molecule has 0 bridgehead atoms. The van der Waals surface area contributed by atoms with Crippen molar-refractivity contribution in [1.82, 2.24) is 20.3 Å². The summed E-state index contributed by atoms with van der Waals surface area (Å²) >= 11 is 0. The van der Waals surface area contributed by atoms with Crippen LogP contribution in [0, 0.1) is 11.8 Å². The van der Waals surface area contributed by atoms with Crippen LogP contribution in [0.1, 0.15) is 65.9 Å². The van der Waals surface area contributed by atoms with Crippen molar-refractivity contribution in [3.05, 3.63) is 23.8 Å². The number of amides is 3. The maximum absolute atomic E-state index is 13.6. The minimum Gasteiger partial charge on any atom is -0.490 e. The number of piperazine rings is 1. The molecule has 4 rings (SSSR count). The number of benzene rings is 1. The zero-order valence-corrected chi connectivity index (χ0v) is 22.4. The summed E-state index contributed by atoms with van der Waals surface area (Å²) in [6, 6.07) is 5.90. The third kappa shape index (κ3) is 5.77. The van der Waals surface area contributed by atoms with Crippen LogP contribution in [-0.4, -0.2) is 77.6 Å². The van der Waals surface area contributed by atoms with Crippen LogP contribution in [0.4, 0.5) is 4.79 Å². The fourth-order valence-electron chi connectivity index (χ4n) is 5.30. The maximum Gasteiger partial charge on any atom is 0.317 e. The van der Waals surface area contributed by atoms with Crippen LogP contribution in [0.2, 0.25) is 0 Å². The average Bonchev–Trinajstić information content (AvgIpc) is 2.85. The van der Waals surface area contributed by atoms with Crippen molar-refractivity contribution >= 4 is 17.6 Å². The number of hydrazone groups is 1. The van der Waals surface area contributed by atoms with Gasteiger partial charge in [0.05, 0.1) is 18.9 Å². The molecule has 198 valence electrons. The van der Waals surface area contributed by atoms with E-state index in [2.05, 4.69) is 5.32 Å². The molecule has 3 aliphatic rings. The Morgan fingerprint density at radius 1 is 1.00 bits per heavy atom. The number of nitrogens with one attached hydrogen (secondary N) is 1. The summed E-state index contributed by atoms with van der Waals surface area (Å²) in [6.45, 7) is 13.1. The number of carbonyl (C=O) groups is 2. The van der Waals surface area contributed by atoms with Gasteiger partial charge >= 0.3 is 6.03 Å². The molecule has 1 aromatic carbocycles. The van der Waals surface area contributed by atoms with Gasteiger partial charge in [-0.15, -0.1) is 0 Å². The molecule has 1 saturated carbocycles. The number of hydrazine groups is 1. The van der Waals surface area contributed by atoms with Gasteiger partial charge in [-0.25, -0.2) is 4.79 Å². The lowest BCUT2D eigenvalue weighted by Gasteiger charge is -2.44. The van der Waals surface area contributed by atoms with Gasteiger partial charge in [0.2, 0.25) is 0 Å². The summed E-state index contributed by atoms with van der Waals surface area (Å²) in [5.41, 5.74) is 1.63. The van der Waals surface area contributed by atoms with E-state index in [0.717, 1.165) is 42.7 Å². The number of nitrogens with zero attached hydrogens (tertiary/aromatic N) is 4. The van der Waals surface area contributed by atoms with E-state index in [1.54, 1.807) is 5.12 Å². The lowest BCUT2D eigenvalue weighted by atomic mass is 9.73. The molecule has 2 unspecified atom stereocenters. The SMILES string of the molecule is CCOc1ccc(C2=NN(N3CCN(C(=O)NC(C)(C)C)CC3)C(=O)C3CCCCC23)cc1OCC. The van der Waals surface area contributed by atoms with Crippen molar-refractivity contribution in [2.75, 3.05) is 39.4 Å². The lowest BCUT2D eigenvalue weighted by Crippen LogP contribution is -2.60. The number of hydrogen-bond donors (Lipinski definition) is 1. The quantitative estimate of drug-likeness (QED) is 0.642. The first-order valence-corrected chi connectivity index (χ1v) is 13.4. The van der Waals surface area contributed by atoms with Crippen LogP contribution in [-0.2, 0) is 4.79 Å². The zero-order chi connectivity index (χ0) is 25.9. The minimum atomic E-state index is -0.287. The fourth-order valence-corrected chi connectivity index (χ4v) is 5.30. The van der Waals surface area contributed by atoms with Gasteiger partial charge < -0.3 is 19.7 Å². The Labute approximate surface area is 214 Å². The number of carbonyl (C=O) groups excluding carboxylic acids is 2. The van der Waals surface area contributed by atoms with E-state index in [-0.39, 0.29) is 29.3 Å². The Balaban J connectivity index is 1.59.